The minimum Gasteiger partial charge on any atom is -0.508 e. The SMILES string of the molecule is CCn1c(COC)cc2cc(O)ccc21. The van der Waals surface area contributed by atoms with Crippen LogP contribution in [0.1, 0.15) is 12.6 Å². The van der Waals surface area contributed by atoms with E-state index in [0.717, 1.165) is 23.1 Å². The first-order valence-electron chi connectivity index (χ1n) is 5.06. The van der Waals surface area contributed by atoms with Gasteiger partial charge in [0.2, 0.25) is 0 Å². The number of fused-ring (bicyclic) bond motifs is 1. The van der Waals surface area contributed by atoms with E-state index in [1.54, 1.807) is 19.2 Å². The number of hydrogen-bond donors (Lipinski definition) is 1. The molecule has 0 aliphatic carbocycles. The summed E-state index contributed by atoms with van der Waals surface area (Å²) in [5, 5.41) is 10.5. The lowest BCUT2D eigenvalue weighted by Crippen LogP contribution is -2.00. The van der Waals surface area contributed by atoms with Crippen molar-refractivity contribution in [3.63, 3.8) is 0 Å². The standard InChI is InChI=1S/C12H15NO2/c1-3-13-10(8-15-2)6-9-7-11(14)4-5-12(9)13/h4-7,14H,3,8H2,1-2H3. The molecular weight excluding hydrogens is 190 g/mol. The lowest BCUT2D eigenvalue weighted by atomic mass is 10.2. The maximum atomic E-state index is 9.39. The highest BCUT2D eigenvalue weighted by molar-refractivity contribution is 5.82. The lowest BCUT2D eigenvalue weighted by molar-refractivity contribution is 0.178. The summed E-state index contributed by atoms with van der Waals surface area (Å²) in [7, 11) is 1.69. The molecule has 0 fully saturated rings. The van der Waals surface area contributed by atoms with Crippen LogP contribution in [-0.2, 0) is 17.9 Å². The fourth-order valence-corrected chi connectivity index (χ4v) is 1.96. The predicted octanol–water partition coefficient (Wildman–Crippen LogP) is 2.51. The monoisotopic (exact) mass is 205 g/mol. The van der Waals surface area contributed by atoms with Crippen molar-refractivity contribution >= 4 is 10.9 Å². The Kier molecular flexibility index (Phi) is 2.64. The van der Waals surface area contributed by atoms with Crippen molar-refractivity contribution in [1.82, 2.24) is 4.57 Å². The molecule has 0 unspecified atom stereocenters. The summed E-state index contributed by atoms with van der Waals surface area (Å²) in [5.74, 6) is 0.305. The molecule has 0 aliphatic heterocycles. The van der Waals surface area contributed by atoms with Crippen LogP contribution >= 0.6 is 0 Å². The molecule has 0 radical (unpaired) electrons. The van der Waals surface area contributed by atoms with Crippen molar-refractivity contribution in [1.29, 1.82) is 0 Å². The Hall–Kier alpha value is -1.48. The van der Waals surface area contributed by atoms with E-state index in [1.807, 2.05) is 6.07 Å². The summed E-state index contributed by atoms with van der Waals surface area (Å²) in [5.41, 5.74) is 2.28. The second-order valence-corrected chi connectivity index (χ2v) is 3.56. The molecule has 2 aromatic rings. The number of rotatable bonds is 3. The van der Waals surface area contributed by atoms with Gasteiger partial charge in [-0.15, -0.1) is 0 Å². The molecule has 15 heavy (non-hydrogen) atoms. The highest BCUT2D eigenvalue weighted by Gasteiger charge is 2.07. The van der Waals surface area contributed by atoms with E-state index < -0.39 is 0 Å². The van der Waals surface area contributed by atoms with Crippen molar-refractivity contribution in [2.45, 2.75) is 20.1 Å². The van der Waals surface area contributed by atoms with Crippen molar-refractivity contribution in [3.8, 4) is 5.75 Å². The zero-order valence-corrected chi connectivity index (χ0v) is 9.03. The molecule has 0 bridgehead atoms. The van der Waals surface area contributed by atoms with Gasteiger partial charge >= 0.3 is 0 Å². The van der Waals surface area contributed by atoms with Crippen LogP contribution in [0.25, 0.3) is 10.9 Å². The number of phenolic OH excluding ortho intramolecular Hbond substituents is 1. The summed E-state index contributed by atoms with van der Waals surface area (Å²) in [6.07, 6.45) is 0. The molecule has 0 atom stereocenters. The van der Waals surface area contributed by atoms with E-state index in [-0.39, 0.29) is 0 Å². The minimum atomic E-state index is 0.305. The Morgan fingerprint density at radius 3 is 2.80 bits per heavy atom. The molecule has 0 saturated heterocycles. The van der Waals surface area contributed by atoms with Crippen LogP contribution in [0.15, 0.2) is 24.3 Å². The third-order valence-corrected chi connectivity index (χ3v) is 2.58. The molecule has 0 aliphatic rings. The molecule has 80 valence electrons. The number of hydrogen-bond acceptors (Lipinski definition) is 2. The average molecular weight is 205 g/mol. The van der Waals surface area contributed by atoms with E-state index in [4.69, 9.17) is 4.74 Å². The molecule has 0 spiro atoms. The van der Waals surface area contributed by atoms with Gasteiger partial charge in [0, 0.05) is 30.3 Å². The predicted molar refractivity (Wildman–Crippen MR) is 60.0 cm³/mol. The van der Waals surface area contributed by atoms with Crippen molar-refractivity contribution in [3.05, 3.63) is 30.0 Å². The molecular formula is C12H15NO2. The van der Waals surface area contributed by atoms with E-state index in [1.165, 1.54) is 0 Å². The van der Waals surface area contributed by atoms with Crippen LogP contribution in [0.5, 0.6) is 5.75 Å². The molecule has 1 heterocycles. The van der Waals surface area contributed by atoms with Gasteiger partial charge in [-0.2, -0.15) is 0 Å². The van der Waals surface area contributed by atoms with Gasteiger partial charge < -0.3 is 14.4 Å². The third kappa shape index (κ3) is 1.70. The summed E-state index contributed by atoms with van der Waals surface area (Å²) in [6.45, 7) is 3.61. The van der Waals surface area contributed by atoms with Crippen molar-refractivity contribution < 1.29 is 9.84 Å². The molecule has 2 rings (SSSR count). The van der Waals surface area contributed by atoms with Crippen LogP contribution in [0, 0.1) is 0 Å². The van der Waals surface area contributed by atoms with Gasteiger partial charge in [-0.05, 0) is 31.2 Å². The largest absolute Gasteiger partial charge is 0.508 e. The van der Waals surface area contributed by atoms with E-state index >= 15 is 0 Å². The maximum absolute atomic E-state index is 9.39. The molecule has 0 saturated carbocycles. The highest BCUT2D eigenvalue weighted by Crippen LogP contribution is 2.24. The van der Waals surface area contributed by atoms with Gasteiger partial charge in [-0.1, -0.05) is 0 Å². The number of methoxy groups -OCH3 is 1. The zero-order valence-electron chi connectivity index (χ0n) is 9.03. The summed E-state index contributed by atoms with van der Waals surface area (Å²) in [4.78, 5) is 0. The van der Waals surface area contributed by atoms with Gasteiger partial charge in [0.05, 0.1) is 6.61 Å². The van der Waals surface area contributed by atoms with Gasteiger partial charge in [-0.25, -0.2) is 0 Å². The number of aromatic nitrogens is 1. The number of nitrogens with zero attached hydrogens (tertiary/aromatic N) is 1. The van der Waals surface area contributed by atoms with Crippen LogP contribution < -0.4 is 0 Å². The number of benzene rings is 1. The molecule has 0 amide bonds. The Morgan fingerprint density at radius 1 is 1.33 bits per heavy atom. The second kappa shape index (κ2) is 3.95. The number of aryl methyl sites for hydroxylation is 1. The van der Waals surface area contributed by atoms with Crippen LogP contribution in [0.2, 0.25) is 0 Å². The summed E-state index contributed by atoms with van der Waals surface area (Å²) in [6, 6.07) is 7.49. The maximum Gasteiger partial charge on any atom is 0.116 e. The van der Waals surface area contributed by atoms with Gasteiger partial charge in [-0.3, -0.25) is 0 Å². The first-order valence-corrected chi connectivity index (χ1v) is 5.06. The average Bonchev–Trinajstić information content (AvgIpc) is 2.54. The fourth-order valence-electron chi connectivity index (χ4n) is 1.96. The molecule has 3 nitrogen and oxygen atoms in total. The summed E-state index contributed by atoms with van der Waals surface area (Å²) >= 11 is 0. The second-order valence-electron chi connectivity index (χ2n) is 3.56. The van der Waals surface area contributed by atoms with Crippen LogP contribution in [-0.4, -0.2) is 16.8 Å². The number of aromatic hydroxyl groups is 1. The van der Waals surface area contributed by atoms with Gasteiger partial charge in [0.25, 0.3) is 0 Å². The van der Waals surface area contributed by atoms with Gasteiger partial charge in [0.1, 0.15) is 5.75 Å². The Labute approximate surface area is 88.9 Å². The normalized spacial score (nSPS) is 11.1. The third-order valence-electron chi connectivity index (χ3n) is 2.58. The van der Waals surface area contributed by atoms with Crippen molar-refractivity contribution in [2.75, 3.05) is 7.11 Å². The Morgan fingerprint density at radius 2 is 2.13 bits per heavy atom. The topological polar surface area (TPSA) is 34.4 Å². The zero-order chi connectivity index (χ0) is 10.8. The molecule has 1 aromatic carbocycles. The first kappa shape index (κ1) is 10.1. The summed E-state index contributed by atoms with van der Waals surface area (Å²) < 4.78 is 7.34. The minimum absolute atomic E-state index is 0.305. The van der Waals surface area contributed by atoms with Gasteiger partial charge in [0.15, 0.2) is 0 Å². The van der Waals surface area contributed by atoms with Crippen LogP contribution in [0.3, 0.4) is 0 Å². The van der Waals surface area contributed by atoms with Crippen LogP contribution in [0.4, 0.5) is 0 Å². The molecule has 3 heteroatoms. The quantitative estimate of drug-likeness (QED) is 0.835. The Bertz CT molecular complexity index is 474. The lowest BCUT2D eigenvalue weighted by Gasteiger charge is -2.06. The smallest absolute Gasteiger partial charge is 0.116 e. The molecule has 1 N–H and O–H groups in total. The number of phenols is 1. The van der Waals surface area contributed by atoms with E-state index in [2.05, 4.69) is 17.6 Å². The van der Waals surface area contributed by atoms with E-state index in [0.29, 0.717) is 12.4 Å². The molecule has 1 aromatic heterocycles. The Balaban J connectivity index is 2.62. The van der Waals surface area contributed by atoms with E-state index in [9.17, 15) is 5.11 Å². The highest BCUT2D eigenvalue weighted by atomic mass is 16.5. The number of ether oxygens (including phenoxy) is 1. The van der Waals surface area contributed by atoms with Crippen molar-refractivity contribution in [2.24, 2.45) is 0 Å². The first-order chi connectivity index (χ1) is 7.26. The fraction of sp³-hybridized carbons (Fsp3) is 0.333.